The fourth-order valence-corrected chi connectivity index (χ4v) is 3.47. The molecule has 1 aliphatic heterocycles. The van der Waals surface area contributed by atoms with Gasteiger partial charge in [-0.05, 0) is 35.9 Å². The van der Waals surface area contributed by atoms with Gasteiger partial charge in [0, 0.05) is 23.7 Å². The molecule has 0 bridgehead atoms. The van der Waals surface area contributed by atoms with Gasteiger partial charge in [0.05, 0.1) is 29.2 Å². The van der Waals surface area contributed by atoms with Crippen molar-refractivity contribution in [2.24, 2.45) is 0 Å². The second-order valence-corrected chi connectivity index (χ2v) is 6.94. The van der Waals surface area contributed by atoms with Gasteiger partial charge in [-0.1, -0.05) is 30.3 Å². The maximum atomic E-state index is 12.1. The van der Waals surface area contributed by atoms with Gasteiger partial charge in [0.2, 0.25) is 0 Å². The molecular weight excluding hydrogens is 410 g/mol. The quantitative estimate of drug-likeness (QED) is 0.340. The summed E-state index contributed by atoms with van der Waals surface area (Å²) in [4.78, 5) is 23.0. The highest BCUT2D eigenvalue weighted by molar-refractivity contribution is 5.98. The number of nitrogens with zero attached hydrogens (tertiary/aromatic N) is 2. The van der Waals surface area contributed by atoms with Gasteiger partial charge in [-0.15, -0.1) is 0 Å². The normalized spacial score (nSPS) is 11.6. The minimum Gasteiger partial charge on any atom is -0.465 e. The number of hydrogen-bond donors (Lipinski definition) is 1. The molecule has 0 amide bonds. The van der Waals surface area contributed by atoms with E-state index in [1.54, 1.807) is 24.3 Å². The lowest BCUT2D eigenvalue weighted by atomic mass is 10.0. The number of nitriles is 1. The summed E-state index contributed by atoms with van der Waals surface area (Å²) in [6, 6.07) is 19.1. The fraction of sp³-hybridized carbons (Fsp3) is 0.0833. The molecule has 0 saturated heterocycles. The molecule has 0 atom stereocenters. The number of rotatable bonds is 5. The van der Waals surface area contributed by atoms with E-state index in [0.29, 0.717) is 22.6 Å². The van der Waals surface area contributed by atoms with Crippen LogP contribution in [0.4, 0.5) is 11.4 Å². The van der Waals surface area contributed by atoms with Crippen molar-refractivity contribution >= 4 is 29.0 Å². The standard InChI is InChI=1S/C24H17N3O5/c1-31-24(28)19-6-4-7-20(27(29)30)23(19)26-14-15-9-10-18-17(13-25)12-16-5-2-3-8-21(16)32-22(18)11-15/h2-12,26H,14H2,1H3. The average Bonchev–Trinajstić information content (AvgIpc) is 2.97. The zero-order valence-electron chi connectivity index (χ0n) is 17.0. The molecule has 0 saturated carbocycles. The molecule has 1 aliphatic rings. The monoisotopic (exact) mass is 427 g/mol. The maximum Gasteiger partial charge on any atom is 0.340 e. The number of nitro groups is 1. The average molecular weight is 427 g/mol. The summed E-state index contributed by atoms with van der Waals surface area (Å²) >= 11 is 0. The summed E-state index contributed by atoms with van der Waals surface area (Å²) in [6.07, 6.45) is 1.77. The summed E-state index contributed by atoms with van der Waals surface area (Å²) in [7, 11) is 1.22. The Balaban J connectivity index is 1.68. The van der Waals surface area contributed by atoms with Crippen LogP contribution in [-0.4, -0.2) is 18.0 Å². The van der Waals surface area contributed by atoms with Crippen molar-refractivity contribution in [3.63, 3.8) is 0 Å². The number of methoxy groups -OCH3 is 1. The first kappa shape index (κ1) is 20.6. The minimum atomic E-state index is -0.679. The summed E-state index contributed by atoms with van der Waals surface area (Å²) < 4.78 is 10.8. The Labute approximate surface area is 183 Å². The van der Waals surface area contributed by atoms with Gasteiger partial charge >= 0.3 is 5.97 Å². The van der Waals surface area contributed by atoms with E-state index in [-0.39, 0.29) is 23.5 Å². The molecule has 158 valence electrons. The van der Waals surface area contributed by atoms with Crippen LogP contribution in [0, 0.1) is 21.4 Å². The summed E-state index contributed by atoms with van der Waals surface area (Å²) in [5.74, 6) is 0.440. The third-order valence-corrected chi connectivity index (χ3v) is 5.01. The van der Waals surface area contributed by atoms with Crippen LogP contribution in [0.3, 0.4) is 0 Å². The van der Waals surface area contributed by atoms with E-state index in [1.807, 2.05) is 24.3 Å². The fourth-order valence-electron chi connectivity index (χ4n) is 3.47. The number of carbonyl (C=O) groups excluding carboxylic acids is 1. The summed E-state index contributed by atoms with van der Waals surface area (Å²) in [5.41, 5.74) is 2.56. The number of benzene rings is 3. The first-order valence-corrected chi connectivity index (χ1v) is 9.63. The first-order chi connectivity index (χ1) is 15.5. The van der Waals surface area contributed by atoms with Crippen molar-refractivity contribution in [1.82, 2.24) is 0 Å². The lowest BCUT2D eigenvalue weighted by Crippen LogP contribution is -2.10. The van der Waals surface area contributed by atoms with Gasteiger partial charge in [0.1, 0.15) is 17.2 Å². The van der Waals surface area contributed by atoms with E-state index < -0.39 is 10.9 Å². The first-order valence-electron chi connectivity index (χ1n) is 9.63. The van der Waals surface area contributed by atoms with Gasteiger partial charge < -0.3 is 14.8 Å². The molecule has 3 aromatic carbocycles. The largest absolute Gasteiger partial charge is 0.465 e. The molecule has 8 heteroatoms. The van der Waals surface area contributed by atoms with Crippen LogP contribution < -0.4 is 10.1 Å². The molecule has 3 aromatic rings. The van der Waals surface area contributed by atoms with E-state index in [0.717, 1.165) is 11.1 Å². The minimum absolute atomic E-state index is 0.0661. The third kappa shape index (κ3) is 3.87. The Bertz CT molecular complexity index is 1310. The van der Waals surface area contributed by atoms with Gasteiger partial charge in [-0.25, -0.2) is 4.79 Å². The van der Waals surface area contributed by atoms with Crippen LogP contribution in [0.25, 0.3) is 11.6 Å². The Hall–Kier alpha value is -4.64. The zero-order chi connectivity index (χ0) is 22.7. The van der Waals surface area contributed by atoms with Crippen molar-refractivity contribution in [2.45, 2.75) is 6.54 Å². The lowest BCUT2D eigenvalue weighted by Gasteiger charge is -2.14. The number of nitro benzene ring substituents is 1. The van der Waals surface area contributed by atoms with Gasteiger partial charge in [-0.3, -0.25) is 10.1 Å². The zero-order valence-corrected chi connectivity index (χ0v) is 17.0. The van der Waals surface area contributed by atoms with Crippen LogP contribution in [-0.2, 0) is 11.3 Å². The Kier molecular flexibility index (Phi) is 5.55. The number of esters is 1. The SMILES string of the molecule is COC(=O)c1cccc([N+](=O)[O-])c1NCc1ccc2c(c1)Oc1ccccc1C=C2C#N. The maximum absolute atomic E-state index is 12.1. The number of fused-ring (bicyclic) bond motifs is 2. The number of nitrogens with one attached hydrogen (secondary N) is 1. The highest BCUT2D eigenvalue weighted by Gasteiger charge is 2.22. The number of para-hydroxylation sites is 2. The van der Waals surface area contributed by atoms with Crippen LogP contribution in [0.2, 0.25) is 0 Å². The van der Waals surface area contributed by atoms with Crippen LogP contribution in [0.1, 0.15) is 27.0 Å². The molecule has 0 fully saturated rings. The topological polar surface area (TPSA) is 114 Å². The molecule has 0 aromatic heterocycles. The Morgan fingerprint density at radius 2 is 1.97 bits per heavy atom. The number of ether oxygens (including phenoxy) is 2. The van der Waals surface area contributed by atoms with Crippen molar-refractivity contribution in [3.05, 3.63) is 93.0 Å². The van der Waals surface area contributed by atoms with Crippen molar-refractivity contribution in [1.29, 1.82) is 5.26 Å². The highest BCUT2D eigenvalue weighted by atomic mass is 16.6. The molecule has 0 spiro atoms. The predicted molar refractivity (Wildman–Crippen MR) is 118 cm³/mol. The smallest absolute Gasteiger partial charge is 0.340 e. The second kappa shape index (κ2) is 8.62. The van der Waals surface area contributed by atoms with Gasteiger partial charge in [0.15, 0.2) is 0 Å². The Morgan fingerprint density at radius 1 is 1.16 bits per heavy atom. The van der Waals surface area contributed by atoms with Crippen LogP contribution >= 0.6 is 0 Å². The molecule has 4 rings (SSSR count). The molecule has 0 aliphatic carbocycles. The number of hydrogen-bond acceptors (Lipinski definition) is 7. The highest BCUT2D eigenvalue weighted by Crippen LogP contribution is 2.38. The Morgan fingerprint density at radius 3 is 2.72 bits per heavy atom. The molecule has 0 unspecified atom stereocenters. The van der Waals surface area contributed by atoms with E-state index in [4.69, 9.17) is 9.47 Å². The lowest BCUT2D eigenvalue weighted by molar-refractivity contribution is -0.384. The van der Waals surface area contributed by atoms with E-state index in [2.05, 4.69) is 11.4 Å². The summed E-state index contributed by atoms with van der Waals surface area (Å²) in [5, 5.41) is 24.1. The number of allylic oxidation sites excluding steroid dienone is 1. The van der Waals surface area contributed by atoms with Crippen molar-refractivity contribution in [3.8, 4) is 17.6 Å². The molecule has 0 radical (unpaired) electrons. The van der Waals surface area contributed by atoms with Gasteiger partial charge in [0.25, 0.3) is 5.69 Å². The predicted octanol–water partition coefficient (Wildman–Crippen LogP) is 5.16. The number of carbonyl (C=O) groups is 1. The molecule has 32 heavy (non-hydrogen) atoms. The van der Waals surface area contributed by atoms with Crippen molar-refractivity contribution in [2.75, 3.05) is 12.4 Å². The molecular formula is C24H17N3O5. The third-order valence-electron chi connectivity index (χ3n) is 5.01. The second-order valence-electron chi connectivity index (χ2n) is 6.94. The molecule has 8 nitrogen and oxygen atoms in total. The molecule has 1 heterocycles. The van der Waals surface area contributed by atoms with Gasteiger partial charge in [-0.2, -0.15) is 5.26 Å². The van der Waals surface area contributed by atoms with E-state index >= 15 is 0 Å². The van der Waals surface area contributed by atoms with Crippen LogP contribution in [0.5, 0.6) is 11.5 Å². The summed E-state index contributed by atoms with van der Waals surface area (Å²) in [6.45, 7) is 0.179. The van der Waals surface area contributed by atoms with E-state index in [1.165, 1.54) is 25.3 Å². The number of anilines is 1. The van der Waals surface area contributed by atoms with Crippen molar-refractivity contribution < 1.29 is 19.2 Å². The molecule has 1 N–H and O–H groups in total. The van der Waals surface area contributed by atoms with E-state index in [9.17, 15) is 20.2 Å². The van der Waals surface area contributed by atoms with Crippen LogP contribution in [0.15, 0.2) is 60.7 Å².